The molecule has 0 aliphatic heterocycles. The van der Waals surface area contributed by atoms with Crippen molar-refractivity contribution in [2.45, 2.75) is 6.54 Å². The van der Waals surface area contributed by atoms with Crippen LogP contribution in [0, 0.1) is 15.9 Å². The molecule has 0 saturated carbocycles. The Morgan fingerprint density at radius 2 is 1.95 bits per heavy atom. The van der Waals surface area contributed by atoms with E-state index in [2.05, 4.69) is 37.2 Å². The third-order valence-corrected chi connectivity index (χ3v) is 3.76. The molecule has 0 radical (unpaired) electrons. The standard InChI is InChI=1S/C13H9Br2FN2O2/c14-9-1-3-12(16)8(5-9)7-17-10-2-4-13(18(19)20)11(15)6-10/h1-6,17H,7H2. The van der Waals surface area contributed by atoms with E-state index in [4.69, 9.17) is 0 Å². The lowest BCUT2D eigenvalue weighted by atomic mass is 10.2. The molecule has 0 atom stereocenters. The number of hydrogen-bond donors (Lipinski definition) is 1. The Hall–Kier alpha value is -1.47. The second-order valence-corrected chi connectivity index (χ2v) is 5.78. The molecule has 0 amide bonds. The van der Waals surface area contributed by atoms with E-state index in [1.165, 1.54) is 12.1 Å². The van der Waals surface area contributed by atoms with Crippen molar-refractivity contribution in [2.24, 2.45) is 0 Å². The minimum absolute atomic E-state index is 0.0100. The lowest BCUT2D eigenvalue weighted by Gasteiger charge is -2.08. The molecule has 0 saturated heterocycles. The van der Waals surface area contributed by atoms with Gasteiger partial charge in [-0.25, -0.2) is 4.39 Å². The van der Waals surface area contributed by atoms with Crippen molar-refractivity contribution in [1.82, 2.24) is 0 Å². The summed E-state index contributed by atoms with van der Waals surface area (Å²) >= 11 is 6.42. The molecule has 0 aliphatic carbocycles. The van der Waals surface area contributed by atoms with Crippen LogP contribution in [0.1, 0.15) is 5.56 Å². The Kier molecular flexibility index (Phi) is 4.72. The summed E-state index contributed by atoms with van der Waals surface area (Å²) in [5.74, 6) is -0.304. The van der Waals surface area contributed by atoms with Gasteiger partial charge in [-0.2, -0.15) is 0 Å². The number of nitro groups is 1. The molecule has 0 spiro atoms. The van der Waals surface area contributed by atoms with Crippen LogP contribution >= 0.6 is 31.9 Å². The topological polar surface area (TPSA) is 55.2 Å². The van der Waals surface area contributed by atoms with Crippen LogP contribution in [0.15, 0.2) is 45.3 Å². The summed E-state index contributed by atoms with van der Waals surface area (Å²) in [6.07, 6.45) is 0. The van der Waals surface area contributed by atoms with Crippen molar-refractivity contribution in [3.8, 4) is 0 Å². The molecule has 0 bridgehead atoms. The Labute approximate surface area is 131 Å². The molecular weight excluding hydrogens is 395 g/mol. The monoisotopic (exact) mass is 402 g/mol. The first kappa shape index (κ1) is 14.9. The fourth-order valence-electron chi connectivity index (χ4n) is 1.64. The maximum atomic E-state index is 13.6. The summed E-state index contributed by atoms with van der Waals surface area (Å²) in [5.41, 5.74) is 1.17. The van der Waals surface area contributed by atoms with Crippen LogP contribution < -0.4 is 5.32 Å². The normalized spacial score (nSPS) is 10.3. The van der Waals surface area contributed by atoms with E-state index >= 15 is 0 Å². The van der Waals surface area contributed by atoms with Crippen LogP contribution in [0.25, 0.3) is 0 Å². The highest BCUT2D eigenvalue weighted by molar-refractivity contribution is 9.10. The van der Waals surface area contributed by atoms with Crippen LogP contribution in [0.4, 0.5) is 15.8 Å². The van der Waals surface area contributed by atoms with Crippen molar-refractivity contribution in [2.75, 3.05) is 5.32 Å². The fourth-order valence-corrected chi connectivity index (χ4v) is 2.57. The van der Waals surface area contributed by atoms with Gasteiger partial charge < -0.3 is 5.32 Å². The predicted molar refractivity (Wildman–Crippen MR) is 82.2 cm³/mol. The van der Waals surface area contributed by atoms with Gasteiger partial charge in [-0.05, 0) is 46.3 Å². The summed E-state index contributed by atoms with van der Waals surface area (Å²) in [6.45, 7) is 0.287. The largest absolute Gasteiger partial charge is 0.381 e. The third kappa shape index (κ3) is 3.55. The molecule has 2 rings (SSSR count). The number of nitrogens with zero attached hydrogens (tertiary/aromatic N) is 1. The minimum Gasteiger partial charge on any atom is -0.381 e. The van der Waals surface area contributed by atoms with E-state index in [1.807, 2.05) is 0 Å². The van der Waals surface area contributed by atoms with E-state index in [0.29, 0.717) is 15.7 Å². The maximum Gasteiger partial charge on any atom is 0.283 e. The Balaban J connectivity index is 2.13. The van der Waals surface area contributed by atoms with Gasteiger partial charge in [0.05, 0.1) is 9.40 Å². The van der Waals surface area contributed by atoms with Gasteiger partial charge >= 0.3 is 0 Å². The molecule has 2 aromatic rings. The van der Waals surface area contributed by atoms with Gasteiger partial charge in [0.15, 0.2) is 0 Å². The number of anilines is 1. The second kappa shape index (κ2) is 6.32. The van der Waals surface area contributed by atoms with Crippen molar-refractivity contribution < 1.29 is 9.31 Å². The molecule has 20 heavy (non-hydrogen) atoms. The van der Waals surface area contributed by atoms with Crippen LogP contribution in [-0.4, -0.2) is 4.92 Å². The molecular formula is C13H9Br2FN2O2. The van der Waals surface area contributed by atoms with Gasteiger partial charge in [0.2, 0.25) is 0 Å². The predicted octanol–water partition coefficient (Wildman–Crippen LogP) is 4.87. The Morgan fingerprint density at radius 3 is 2.60 bits per heavy atom. The molecule has 104 valence electrons. The number of benzene rings is 2. The zero-order valence-corrected chi connectivity index (χ0v) is 13.2. The van der Waals surface area contributed by atoms with Gasteiger partial charge in [-0.1, -0.05) is 15.9 Å². The van der Waals surface area contributed by atoms with E-state index in [-0.39, 0.29) is 18.0 Å². The Bertz CT molecular complexity index is 665. The smallest absolute Gasteiger partial charge is 0.283 e. The van der Waals surface area contributed by atoms with E-state index < -0.39 is 4.92 Å². The van der Waals surface area contributed by atoms with E-state index in [1.54, 1.807) is 24.3 Å². The number of nitro benzene ring substituents is 1. The third-order valence-electron chi connectivity index (χ3n) is 2.64. The molecule has 0 aromatic heterocycles. The highest BCUT2D eigenvalue weighted by Crippen LogP contribution is 2.28. The van der Waals surface area contributed by atoms with Crippen LogP contribution in [0.2, 0.25) is 0 Å². The zero-order chi connectivity index (χ0) is 14.7. The average Bonchev–Trinajstić information content (AvgIpc) is 2.39. The second-order valence-electron chi connectivity index (χ2n) is 4.01. The summed E-state index contributed by atoms with van der Waals surface area (Å²) in [6, 6.07) is 9.26. The Morgan fingerprint density at radius 1 is 1.20 bits per heavy atom. The average molecular weight is 404 g/mol. The molecule has 0 unspecified atom stereocenters. The number of rotatable bonds is 4. The minimum atomic E-state index is -0.470. The summed E-state index contributed by atoms with van der Waals surface area (Å²) in [4.78, 5) is 10.2. The number of hydrogen-bond acceptors (Lipinski definition) is 3. The number of nitrogens with one attached hydrogen (secondary N) is 1. The first-order chi connectivity index (χ1) is 9.47. The highest BCUT2D eigenvalue weighted by Gasteiger charge is 2.11. The van der Waals surface area contributed by atoms with Crippen molar-refractivity contribution in [3.63, 3.8) is 0 Å². The highest BCUT2D eigenvalue weighted by atomic mass is 79.9. The molecule has 0 fully saturated rings. The van der Waals surface area contributed by atoms with Gasteiger partial charge in [-0.3, -0.25) is 10.1 Å². The van der Waals surface area contributed by atoms with Gasteiger partial charge in [0, 0.05) is 28.3 Å². The SMILES string of the molecule is O=[N+]([O-])c1ccc(NCc2cc(Br)ccc2F)cc1Br. The van der Waals surface area contributed by atoms with Crippen LogP contribution in [0.5, 0.6) is 0 Å². The van der Waals surface area contributed by atoms with E-state index in [9.17, 15) is 14.5 Å². The molecule has 1 N–H and O–H groups in total. The first-order valence-corrected chi connectivity index (χ1v) is 7.17. The van der Waals surface area contributed by atoms with Gasteiger partial charge in [0.25, 0.3) is 5.69 Å². The molecule has 0 aliphatic rings. The lowest BCUT2D eigenvalue weighted by Crippen LogP contribution is -2.02. The quantitative estimate of drug-likeness (QED) is 0.585. The molecule has 4 nitrogen and oxygen atoms in total. The molecule has 2 aromatic carbocycles. The van der Waals surface area contributed by atoms with Crippen LogP contribution in [0.3, 0.4) is 0 Å². The van der Waals surface area contributed by atoms with Crippen molar-refractivity contribution in [1.29, 1.82) is 0 Å². The van der Waals surface area contributed by atoms with Crippen molar-refractivity contribution >= 4 is 43.2 Å². The van der Waals surface area contributed by atoms with Gasteiger partial charge in [0.1, 0.15) is 5.82 Å². The summed E-state index contributed by atoms with van der Waals surface area (Å²) in [7, 11) is 0. The summed E-state index contributed by atoms with van der Waals surface area (Å²) in [5, 5.41) is 13.7. The zero-order valence-electron chi connectivity index (χ0n) is 10.1. The first-order valence-electron chi connectivity index (χ1n) is 5.59. The lowest BCUT2D eigenvalue weighted by molar-refractivity contribution is -0.385. The van der Waals surface area contributed by atoms with Crippen LogP contribution in [-0.2, 0) is 6.54 Å². The van der Waals surface area contributed by atoms with Crippen molar-refractivity contribution in [3.05, 3.63) is 66.8 Å². The van der Waals surface area contributed by atoms with E-state index in [0.717, 1.165) is 4.47 Å². The summed E-state index contributed by atoms with van der Waals surface area (Å²) < 4.78 is 14.7. The molecule has 7 heteroatoms. The maximum absolute atomic E-state index is 13.6. The number of halogens is 3. The van der Waals surface area contributed by atoms with Gasteiger partial charge in [-0.15, -0.1) is 0 Å². The fraction of sp³-hybridized carbons (Fsp3) is 0.0769. The molecule has 0 heterocycles.